The summed E-state index contributed by atoms with van der Waals surface area (Å²) in [6.45, 7) is 0. The van der Waals surface area contributed by atoms with Gasteiger partial charge in [-0.05, 0) is 22.4 Å². The maximum Gasteiger partial charge on any atom is 0.272 e. The molecular formula is C26H20N2O2. The molecule has 0 saturated carbocycles. The van der Waals surface area contributed by atoms with Gasteiger partial charge in [0, 0.05) is 11.1 Å². The Morgan fingerprint density at radius 1 is 0.667 bits per heavy atom. The quantitative estimate of drug-likeness (QED) is 0.277. The Morgan fingerprint density at radius 2 is 1.27 bits per heavy atom. The molecule has 0 unspecified atom stereocenters. The Balaban J connectivity index is 1.62. The number of amides is 1. The standard InChI is InChI=1S/C26H20N2O2/c29-25(21-13-5-2-6-14-21)18-24(20-11-3-1-4-12-20)27-28-26(30)23-17-9-15-19-10-7-8-16-22(19)23/h1-17H,18H2,(H,28,30)/b27-24+. The lowest BCUT2D eigenvalue weighted by atomic mass is 10.0. The summed E-state index contributed by atoms with van der Waals surface area (Å²) in [5.74, 6) is -0.370. The maximum atomic E-state index is 12.8. The Hall–Kier alpha value is -4.05. The third kappa shape index (κ3) is 4.33. The molecule has 1 N–H and O–H groups in total. The van der Waals surface area contributed by atoms with Crippen LogP contribution in [-0.2, 0) is 0 Å². The molecule has 0 fully saturated rings. The highest BCUT2D eigenvalue weighted by molar-refractivity contribution is 6.16. The van der Waals surface area contributed by atoms with Gasteiger partial charge in [-0.2, -0.15) is 5.10 Å². The van der Waals surface area contributed by atoms with E-state index in [9.17, 15) is 9.59 Å². The van der Waals surface area contributed by atoms with Gasteiger partial charge in [0.1, 0.15) is 0 Å². The molecule has 1 amide bonds. The van der Waals surface area contributed by atoms with Gasteiger partial charge >= 0.3 is 0 Å². The van der Waals surface area contributed by atoms with E-state index in [1.807, 2.05) is 84.9 Å². The highest BCUT2D eigenvalue weighted by atomic mass is 16.2. The summed E-state index contributed by atoms with van der Waals surface area (Å²) in [6.07, 6.45) is 0.0871. The second-order valence-corrected chi connectivity index (χ2v) is 6.86. The van der Waals surface area contributed by atoms with Crippen molar-refractivity contribution in [3.05, 3.63) is 120 Å². The van der Waals surface area contributed by atoms with E-state index >= 15 is 0 Å². The first kappa shape index (κ1) is 19.3. The van der Waals surface area contributed by atoms with Crippen LogP contribution in [-0.4, -0.2) is 17.4 Å². The van der Waals surface area contributed by atoms with Gasteiger partial charge in [0.15, 0.2) is 5.78 Å². The minimum Gasteiger partial charge on any atom is -0.294 e. The van der Waals surface area contributed by atoms with Gasteiger partial charge in [-0.25, -0.2) is 5.43 Å². The second-order valence-electron chi connectivity index (χ2n) is 6.86. The third-order valence-electron chi connectivity index (χ3n) is 4.86. The van der Waals surface area contributed by atoms with Crippen LogP contribution in [0.2, 0.25) is 0 Å². The van der Waals surface area contributed by atoms with Gasteiger partial charge in [0.2, 0.25) is 0 Å². The fourth-order valence-corrected chi connectivity index (χ4v) is 3.32. The molecule has 4 aromatic rings. The molecule has 0 aliphatic heterocycles. The van der Waals surface area contributed by atoms with E-state index in [0.29, 0.717) is 16.8 Å². The average molecular weight is 392 g/mol. The number of hydrogen-bond acceptors (Lipinski definition) is 3. The Labute approximate surface area is 174 Å². The summed E-state index contributed by atoms with van der Waals surface area (Å²) in [4.78, 5) is 25.6. The fraction of sp³-hybridized carbons (Fsp3) is 0.0385. The summed E-state index contributed by atoms with van der Waals surface area (Å²) in [5, 5.41) is 6.18. The topological polar surface area (TPSA) is 58.5 Å². The van der Waals surface area contributed by atoms with E-state index in [1.165, 1.54) is 0 Å². The van der Waals surface area contributed by atoms with E-state index in [-0.39, 0.29) is 18.1 Å². The molecule has 0 saturated heterocycles. The fourth-order valence-electron chi connectivity index (χ4n) is 3.32. The molecule has 4 heteroatoms. The molecule has 0 bridgehead atoms. The number of nitrogens with one attached hydrogen (secondary N) is 1. The van der Waals surface area contributed by atoms with Crippen molar-refractivity contribution < 1.29 is 9.59 Å². The van der Waals surface area contributed by atoms with Crippen molar-refractivity contribution in [2.45, 2.75) is 6.42 Å². The molecule has 4 aromatic carbocycles. The average Bonchev–Trinajstić information content (AvgIpc) is 2.82. The van der Waals surface area contributed by atoms with Gasteiger partial charge in [0.05, 0.1) is 12.1 Å². The number of carbonyl (C=O) groups is 2. The number of ketones is 1. The van der Waals surface area contributed by atoms with Crippen molar-refractivity contribution in [1.29, 1.82) is 0 Å². The smallest absolute Gasteiger partial charge is 0.272 e. The predicted octanol–water partition coefficient (Wildman–Crippen LogP) is 5.25. The highest BCUT2D eigenvalue weighted by Crippen LogP contribution is 2.18. The van der Waals surface area contributed by atoms with Crippen molar-refractivity contribution in [3.8, 4) is 0 Å². The molecule has 146 valence electrons. The molecule has 30 heavy (non-hydrogen) atoms. The number of nitrogens with zero attached hydrogens (tertiary/aromatic N) is 1. The van der Waals surface area contributed by atoms with Crippen molar-refractivity contribution in [3.63, 3.8) is 0 Å². The van der Waals surface area contributed by atoms with E-state index in [0.717, 1.165) is 16.3 Å². The molecule has 0 spiro atoms. The number of rotatable bonds is 6. The summed E-state index contributed by atoms with van der Waals surface area (Å²) in [6, 6.07) is 31.8. The Morgan fingerprint density at radius 3 is 2.00 bits per heavy atom. The lowest BCUT2D eigenvalue weighted by molar-refractivity contribution is 0.0952. The maximum absolute atomic E-state index is 12.8. The van der Waals surface area contributed by atoms with Crippen molar-refractivity contribution in [1.82, 2.24) is 5.43 Å². The first-order valence-corrected chi connectivity index (χ1v) is 9.71. The Kier molecular flexibility index (Phi) is 5.76. The summed E-state index contributed by atoms with van der Waals surface area (Å²) < 4.78 is 0. The van der Waals surface area contributed by atoms with Crippen LogP contribution in [0, 0.1) is 0 Å². The van der Waals surface area contributed by atoms with Crippen LogP contribution in [0.25, 0.3) is 10.8 Å². The van der Waals surface area contributed by atoms with Crippen LogP contribution < -0.4 is 5.43 Å². The predicted molar refractivity (Wildman–Crippen MR) is 120 cm³/mol. The number of benzene rings is 4. The molecular weight excluding hydrogens is 372 g/mol. The number of carbonyl (C=O) groups excluding carboxylic acids is 2. The van der Waals surface area contributed by atoms with Crippen LogP contribution in [0.3, 0.4) is 0 Å². The molecule has 0 aliphatic rings. The molecule has 0 aliphatic carbocycles. The van der Waals surface area contributed by atoms with Gasteiger partial charge < -0.3 is 0 Å². The van der Waals surface area contributed by atoms with E-state index in [4.69, 9.17) is 0 Å². The van der Waals surface area contributed by atoms with Crippen LogP contribution in [0.4, 0.5) is 0 Å². The summed E-state index contributed by atoms with van der Waals surface area (Å²) in [5.41, 5.74) is 5.10. The van der Waals surface area contributed by atoms with Crippen LogP contribution in [0.1, 0.15) is 32.7 Å². The van der Waals surface area contributed by atoms with Gasteiger partial charge in [-0.1, -0.05) is 97.1 Å². The van der Waals surface area contributed by atoms with Crippen molar-refractivity contribution in [2.75, 3.05) is 0 Å². The van der Waals surface area contributed by atoms with E-state index in [2.05, 4.69) is 10.5 Å². The first-order valence-electron chi connectivity index (χ1n) is 9.71. The van der Waals surface area contributed by atoms with Crippen LogP contribution in [0.5, 0.6) is 0 Å². The zero-order chi connectivity index (χ0) is 20.8. The largest absolute Gasteiger partial charge is 0.294 e. The minimum atomic E-state index is -0.313. The van der Waals surface area contributed by atoms with Crippen LogP contribution in [0.15, 0.2) is 108 Å². The monoisotopic (exact) mass is 392 g/mol. The van der Waals surface area contributed by atoms with Gasteiger partial charge in [-0.3, -0.25) is 9.59 Å². The lowest BCUT2D eigenvalue weighted by Gasteiger charge is -2.09. The SMILES string of the molecule is O=C(C/C(=N\NC(=O)c1cccc2ccccc12)c1ccccc1)c1ccccc1. The molecule has 0 radical (unpaired) electrons. The number of hydrazone groups is 1. The zero-order valence-corrected chi connectivity index (χ0v) is 16.3. The molecule has 0 aromatic heterocycles. The lowest BCUT2D eigenvalue weighted by Crippen LogP contribution is -2.21. The second kappa shape index (κ2) is 8.97. The molecule has 4 rings (SSSR count). The van der Waals surface area contributed by atoms with Gasteiger partial charge in [0.25, 0.3) is 5.91 Å². The molecule has 4 nitrogen and oxygen atoms in total. The Bertz CT molecular complexity index is 1210. The molecule has 0 heterocycles. The van der Waals surface area contributed by atoms with Gasteiger partial charge in [-0.15, -0.1) is 0 Å². The zero-order valence-electron chi connectivity index (χ0n) is 16.3. The highest BCUT2D eigenvalue weighted by Gasteiger charge is 2.14. The van der Waals surface area contributed by atoms with Crippen LogP contribution >= 0.6 is 0 Å². The number of Topliss-reactive ketones (excluding diaryl/α,β-unsaturated/α-hetero) is 1. The third-order valence-corrected chi connectivity index (χ3v) is 4.86. The van der Waals surface area contributed by atoms with E-state index < -0.39 is 0 Å². The van der Waals surface area contributed by atoms with Crippen molar-refractivity contribution >= 4 is 28.2 Å². The van der Waals surface area contributed by atoms with Crippen molar-refractivity contribution in [2.24, 2.45) is 5.10 Å². The van der Waals surface area contributed by atoms with E-state index in [1.54, 1.807) is 18.2 Å². The summed E-state index contributed by atoms with van der Waals surface area (Å²) in [7, 11) is 0. The normalized spacial score (nSPS) is 11.3. The molecule has 0 atom stereocenters. The minimum absolute atomic E-state index is 0.0578. The first-order chi connectivity index (χ1) is 14.7. The number of fused-ring (bicyclic) bond motifs is 1. The number of hydrogen-bond donors (Lipinski definition) is 1. The summed E-state index contributed by atoms with van der Waals surface area (Å²) >= 11 is 0.